The Hall–Kier alpha value is -2.91. The van der Waals surface area contributed by atoms with Gasteiger partial charge in [0.2, 0.25) is 15.9 Å². The van der Waals surface area contributed by atoms with Gasteiger partial charge in [0.25, 0.3) is 5.91 Å². The predicted molar refractivity (Wildman–Crippen MR) is 117 cm³/mol. The van der Waals surface area contributed by atoms with Crippen LogP contribution in [0, 0.1) is 13.8 Å². The summed E-state index contributed by atoms with van der Waals surface area (Å²) in [6.45, 7) is 3.97. The Morgan fingerprint density at radius 2 is 1.80 bits per heavy atom. The average molecular weight is 434 g/mol. The van der Waals surface area contributed by atoms with Gasteiger partial charge in [-0.2, -0.15) is 0 Å². The summed E-state index contributed by atoms with van der Waals surface area (Å²) < 4.78 is 30.7. The summed E-state index contributed by atoms with van der Waals surface area (Å²) in [7, 11) is -2.17. The molecule has 0 saturated carbocycles. The van der Waals surface area contributed by atoms with Crippen molar-refractivity contribution in [2.45, 2.75) is 13.8 Å². The third-order valence-corrected chi connectivity index (χ3v) is 5.47. The first-order chi connectivity index (χ1) is 14.1. The van der Waals surface area contributed by atoms with Crippen molar-refractivity contribution < 1.29 is 22.7 Å². The number of methoxy groups -OCH3 is 1. The minimum absolute atomic E-state index is 0.277. The Kier molecular flexibility index (Phi) is 7.96. The zero-order chi connectivity index (χ0) is 22.3. The Balaban J connectivity index is 2.22. The third kappa shape index (κ3) is 6.30. The second-order valence-corrected chi connectivity index (χ2v) is 8.81. The summed E-state index contributed by atoms with van der Waals surface area (Å²) in [6.07, 6.45) is 1.05. The summed E-state index contributed by atoms with van der Waals surface area (Å²) >= 11 is 0. The molecule has 0 aliphatic rings. The standard InChI is InChI=1S/C21H27N3O5S/c1-15-9-10-19(16(2)13-15)24(30(4,27)28)14-20(25)23-18-8-6-5-7-17(18)21(26)22-11-12-29-3/h5-10,13H,11-12,14H2,1-4H3,(H,22,26)(H,23,25). The third-order valence-electron chi connectivity index (χ3n) is 4.35. The maximum absolute atomic E-state index is 12.7. The zero-order valence-corrected chi connectivity index (χ0v) is 18.4. The molecule has 0 unspecified atom stereocenters. The quantitative estimate of drug-likeness (QED) is 0.589. The Bertz CT molecular complexity index is 1020. The van der Waals surface area contributed by atoms with Crippen molar-refractivity contribution in [2.24, 2.45) is 0 Å². The van der Waals surface area contributed by atoms with Crippen molar-refractivity contribution >= 4 is 33.2 Å². The van der Waals surface area contributed by atoms with E-state index in [1.54, 1.807) is 43.3 Å². The number of rotatable bonds is 9. The van der Waals surface area contributed by atoms with Crippen LogP contribution in [0.2, 0.25) is 0 Å². The molecule has 0 aliphatic carbocycles. The van der Waals surface area contributed by atoms with Crippen LogP contribution in [0.5, 0.6) is 0 Å². The number of benzene rings is 2. The number of para-hydroxylation sites is 1. The minimum atomic E-state index is -3.70. The fourth-order valence-corrected chi connectivity index (χ4v) is 3.85. The number of carbonyl (C=O) groups is 2. The number of ether oxygens (including phenoxy) is 1. The number of hydrogen-bond donors (Lipinski definition) is 2. The predicted octanol–water partition coefficient (Wildman–Crippen LogP) is 2.08. The molecule has 9 heteroatoms. The molecule has 162 valence electrons. The summed E-state index contributed by atoms with van der Waals surface area (Å²) in [6, 6.07) is 11.8. The van der Waals surface area contributed by atoms with Crippen LogP contribution in [0.15, 0.2) is 42.5 Å². The van der Waals surface area contributed by atoms with E-state index in [1.165, 1.54) is 7.11 Å². The lowest BCUT2D eigenvalue weighted by molar-refractivity contribution is -0.114. The van der Waals surface area contributed by atoms with Crippen LogP contribution in [-0.2, 0) is 19.6 Å². The lowest BCUT2D eigenvalue weighted by Gasteiger charge is -2.24. The molecule has 2 amide bonds. The van der Waals surface area contributed by atoms with Crippen LogP contribution in [0.25, 0.3) is 0 Å². The highest BCUT2D eigenvalue weighted by molar-refractivity contribution is 7.92. The summed E-state index contributed by atoms with van der Waals surface area (Å²) in [5, 5.41) is 5.34. The molecular weight excluding hydrogens is 406 g/mol. The SMILES string of the molecule is COCCNC(=O)c1ccccc1NC(=O)CN(c1ccc(C)cc1C)S(C)(=O)=O. The van der Waals surface area contributed by atoms with Gasteiger partial charge in [-0.25, -0.2) is 8.42 Å². The van der Waals surface area contributed by atoms with E-state index in [2.05, 4.69) is 10.6 Å². The molecule has 0 saturated heterocycles. The topological polar surface area (TPSA) is 105 Å². The van der Waals surface area contributed by atoms with Crippen LogP contribution < -0.4 is 14.9 Å². The van der Waals surface area contributed by atoms with Crippen molar-refractivity contribution in [2.75, 3.05) is 42.7 Å². The van der Waals surface area contributed by atoms with Gasteiger partial charge in [-0.3, -0.25) is 13.9 Å². The number of anilines is 2. The van der Waals surface area contributed by atoms with Gasteiger partial charge < -0.3 is 15.4 Å². The highest BCUT2D eigenvalue weighted by Crippen LogP contribution is 2.24. The van der Waals surface area contributed by atoms with E-state index >= 15 is 0 Å². The zero-order valence-electron chi connectivity index (χ0n) is 17.6. The van der Waals surface area contributed by atoms with Gasteiger partial charge >= 0.3 is 0 Å². The van der Waals surface area contributed by atoms with Crippen molar-refractivity contribution in [1.82, 2.24) is 5.32 Å². The maximum Gasteiger partial charge on any atom is 0.253 e. The van der Waals surface area contributed by atoms with Crippen molar-refractivity contribution in [3.63, 3.8) is 0 Å². The van der Waals surface area contributed by atoms with Gasteiger partial charge in [0, 0.05) is 13.7 Å². The van der Waals surface area contributed by atoms with Crippen molar-refractivity contribution in [3.8, 4) is 0 Å². The fourth-order valence-electron chi connectivity index (χ4n) is 2.94. The van der Waals surface area contributed by atoms with E-state index < -0.39 is 22.5 Å². The Labute approximate surface area is 177 Å². The van der Waals surface area contributed by atoms with Crippen molar-refractivity contribution in [3.05, 3.63) is 59.2 Å². The molecule has 0 fully saturated rings. The van der Waals surface area contributed by atoms with Crippen LogP contribution in [0.4, 0.5) is 11.4 Å². The molecule has 30 heavy (non-hydrogen) atoms. The fraction of sp³-hybridized carbons (Fsp3) is 0.333. The van der Waals surface area contributed by atoms with E-state index in [0.717, 1.165) is 21.7 Å². The second kappa shape index (κ2) is 10.2. The molecule has 0 aromatic heterocycles. The number of sulfonamides is 1. The lowest BCUT2D eigenvalue weighted by Crippen LogP contribution is -2.38. The van der Waals surface area contributed by atoms with E-state index in [1.807, 2.05) is 13.0 Å². The monoisotopic (exact) mass is 433 g/mol. The average Bonchev–Trinajstić information content (AvgIpc) is 2.66. The lowest BCUT2D eigenvalue weighted by atomic mass is 10.1. The molecule has 0 heterocycles. The molecule has 2 aromatic rings. The van der Waals surface area contributed by atoms with Gasteiger partial charge in [0.1, 0.15) is 6.54 Å². The molecule has 0 atom stereocenters. The van der Waals surface area contributed by atoms with Gasteiger partial charge in [-0.1, -0.05) is 29.8 Å². The maximum atomic E-state index is 12.7. The number of hydrogen-bond acceptors (Lipinski definition) is 5. The first-order valence-corrected chi connectivity index (χ1v) is 11.2. The van der Waals surface area contributed by atoms with E-state index in [-0.39, 0.29) is 11.5 Å². The summed E-state index contributed by atoms with van der Waals surface area (Å²) in [5.41, 5.74) is 2.74. The number of nitrogens with one attached hydrogen (secondary N) is 2. The molecule has 8 nitrogen and oxygen atoms in total. The molecular formula is C21H27N3O5S. The first kappa shape index (κ1) is 23.4. The highest BCUT2D eigenvalue weighted by atomic mass is 32.2. The van der Waals surface area contributed by atoms with Crippen LogP contribution in [0.3, 0.4) is 0 Å². The number of aryl methyl sites for hydroxylation is 2. The minimum Gasteiger partial charge on any atom is -0.383 e. The second-order valence-electron chi connectivity index (χ2n) is 6.90. The van der Waals surface area contributed by atoms with E-state index in [9.17, 15) is 18.0 Å². The molecule has 2 rings (SSSR count). The van der Waals surface area contributed by atoms with Gasteiger partial charge in [-0.05, 0) is 37.6 Å². The Morgan fingerprint density at radius 1 is 1.10 bits per heavy atom. The van der Waals surface area contributed by atoms with E-state index in [4.69, 9.17) is 4.74 Å². The summed E-state index contributed by atoms with van der Waals surface area (Å²) in [4.78, 5) is 25.1. The molecule has 2 aromatic carbocycles. The van der Waals surface area contributed by atoms with Gasteiger partial charge in [-0.15, -0.1) is 0 Å². The van der Waals surface area contributed by atoms with Crippen LogP contribution in [0.1, 0.15) is 21.5 Å². The molecule has 0 spiro atoms. The van der Waals surface area contributed by atoms with Crippen molar-refractivity contribution in [1.29, 1.82) is 0 Å². The van der Waals surface area contributed by atoms with E-state index in [0.29, 0.717) is 24.5 Å². The first-order valence-electron chi connectivity index (χ1n) is 9.34. The Morgan fingerprint density at radius 3 is 2.43 bits per heavy atom. The number of amides is 2. The van der Waals surface area contributed by atoms with Gasteiger partial charge in [0.05, 0.1) is 29.8 Å². The van der Waals surface area contributed by atoms with Gasteiger partial charge in [0.15, 0.2) is 0 Å². The number of carbonyl (C=O) groups excluding carboxylic acids is 2. The summed E-state index contributed by atoms with van der Waals surface area (Å²) in [5.74, 6) is -0.921. The number of nitrogens with zero attached hydrogens (tertiary/aromatic N) is 1. The molecule has 2 N–H and O–H groups in total. The molecule has 0 aliphatic heterocycles. The largest absolute Gasteiger partial charge is 0.383 e. The normalized spacial score (nSPS) is 11.1. The highest BCUT2D eigenvalue weighted by Gasteiger charge is 2.23. The van der Waals surface area contributed by atoms with Crippen LogP contribution >= 0.6 is 0 Å². The smallest absolute Gasteiger partial charge is 0.253 e. The van der Waals surface area contributed by atoms with Crippen LogP contribution in [-0.4, -0.2) is 53.3 Å². The molecule has 0 bridgehead atoms. The molecule has 0 radical (unpaired) electrons.